The lowest BCUT2D eigenvalue weighted by atomic mass is 10.1. The van der Waals surface area contributed by atoms with E-state index in [0.717, 1.165) is 22.8 Å². The van der Waals surface area contributed by atoms with E-state index in [-0.39, 0.29) is 24.8 Å². The molecule has 1 unspecified atom stereocenters. The highest BCUT2D eigenvalue weighted by Gasteiger charge is 2.28. The lowest BCUT2D eigenvalue weighted by Gasteiger charge is -2.30. The first kappa shape index (κ1) is 17.2. The predicted molar refractivity (Wildman–Crippen MR) is 102 cm³/mol. The topological polar surface area (TPSA) is 59.6 Å². The Kier molecular flexibility index (Phi) is 5.04. The van der Waals surface area contributed by atoms with E-state index in [2.05, 4.69) is 41.8 Å². The maximum absolute atomic E-state index is 12.6. The minimum Gasteiger partial charge on any atom is -0.454 e. The largest absolute Gasteiger partial charge is 0.454 e. The lowest BCUT2D eigenvalue weighted by molar-refractivity contribution is -0.122. The highest BCUT2D eigenvalue weighted by atomic mass is 32.2. The Morgan fingerprint density at radius 2 is 2.00 bits per heavy atom. The van der Waals surface area contributed by atoms with Gasteiger partial charge < -0.3 is 14.8 Å². The molecule has 4 rings (SSSR count). The van der Waals surface area contributed by atoms with E-state index in [4.69, 9.17) is 9.47 Å². The number of thioether (sulfide) groups is 1. The molecular formula is C20H21N2O3S. The van der Waals surface area contributed by atoms with Crippen molar-refractivity contribution < 1.29 is 14.3 Å². The number of ether oxygens (including phenoxy) is 2. The van der Waals surface area contributed by atoms with E-state index in [1.165, 1.54) is 11.1 Å². The summed E-state index contributed by atoms with van der Waals surface area (Å²) in [7, 11) is 0. The van der Waals surface area contributed by atoms with Crippen LogP contribution >= 0.6 is 11.8 Å². The Bertz CT molecular complexity index is 794. The van der Waals surface area contributed by atoms with E-state index >= 15 is 0 Å². The molecule has 2 aromatic rings. The number of aryl methyl sites for hydroxylation is 1. The number of nitrogens with one attached hydrogen (secondary N) is 2. The zero-order valence-electron chi connectivity index (χ0n) is 14.5. The monoisotopic (exact) mass is 369 g/mol. The maximum Gasteiger partial charge on any atom is 0.238 e. The third kappa shape index (κ3) is 3.81. The standard InChI is InChI=1S/C20H21N2O3S/c1-13-2-5-15(6-3-13)16-10-26-11-17(22-16)20(23)21-9-14-4-7-18-19(8-14)25-12-24-18/h2-8,11,16-17,22H,9-10,12H2,1H3,(H,21,23)/t16?,17-/m0/s1. The van der Waals surface area contributed by atoms with Gasteiger partial charge in [0, 0.05) is 24.1 Å². The van der Waals surface area contributed by atoms with Crippen molar-refractivity contribution in [1.82, 2.24) is 10.6 Å². The SMILES string of the molecule is Cc1ccc(C2CS[CH][C@@H](C(=O)NCc3ccc4c(c3)OCO4)N2)cc1. The van der Waals surface area contributed by atoms with Crippen LogP contribution in [0, 0.1) is 12.7 Å². The van der Waals surface area contributed by atoms with E-state index in [1.54, 1.807) is 11.8 Å². The molecule has 0 aromatic heterocycles. The molecule has 2 aliphatic rings. The quantitative estimate of drug-likeness (QED) is 0.868. The molecule has 1 radical (unpaired) electrons. The van der Waals surface area contributed by atoms with Crippen LogP contribution in [-0.2, 0) is 11.3 Å². The second kappa shape index (κ2) is 7.60. The molecule has 0 bridgehead atoms. The number of hydrogen-bond donors (Lipinski definition) is 2. The second-order valence-corrected chi connectivity index (χ2v) is 7.42. The molecule has 0 aliphatic carbocycles. The van der Waals surface area contributed by atoms with Crippen molar-refractivity contribution in [2.75, 3.05) is 12.5 Å². The Balaban J connectivity index is 1.34. The minimum absolute atomic E-state index is 0.0213. The van der Waals surface area contributed by atoms with Crippen LogP contribution in [-0.4, -0.2) is 24.5 Å². The van der Waals surface area contributed by atoms with Gasteiger partial charge in [-0.15, -0.1) is 0 Å². The first-order valence-corrected chi connectivity index (χ1v) is 9.68. The molecule has 2 atom stereocenters. The fraction of sp³-hybridized carbons (Fsp3) is 0.300. The molecule has 2 heterocycles. The minimum atomic E-state index is -0.311. The van der Waals surface area contributed by atoms with Crippen LogP contribution in [0.5, 0.6) is 11.5 Å². The Morgan fingerprint density at radius 3 is 2.85 bits per heavy atom. The van der Waals surface area contributed by atoms with Crippen molar-refractivity contribution in [3.8, 4) is 11.5 Å². The van der Waals surface area contributed by atoms with Gasteiger partial charge in [-0.25, -0.2) is 0 Å². The van der Waals surface area contributed by atoms with Gasteiger partial charge in [0.15, 0.2) is 11.5 Å². The van der Waals surface area contributed by atoms with Crippen LogP contribution in [0.1, 0.15) is 22.7 Å². The highest BCUT2D eigenvalue weighted by molar-refractivity contribution is 8.01. The molecule has 2 N–H and O–H groups in total. The molecule has 0 saturated carbocycles. The fourth-order valence-corrected chi connectivity index (χ4v) is 4.02. The fourth-order valence-electron chi connectivity index (χ4n) is 3.03. The number of rotatable bonds is 4. The average Bonchev–Trinajstić information content (AvgIpc) is 3.14. The second-order valence-electron chi connectivity index (χ2n) is 6.48. The Morgan fingerprint density at radius 1 is 1.19 bits per heavy atom. The number of carbonyl (C=O) groups is 1. The van der Waals surface area contributed by atoms with Gasteiger partial charge in [-0.2, -0.15) is 11.8 Å². The molecule has 1 saturated heterocycles. The van der Waals surface area contributed by atoms with Crippen molar-refractivity contribution in [1.29, 1.82) is 0 Å². The Hall–Kier alpha value is -2.18. The summed E-state index contributed by atoms with van der Waals surface area (Å²) in [6, 6.07) is 14.0. The van der Waals surface area contributed by atoms with Crippen LogP contribution in [0.15, 0.2) is 42.5 Å². The number of carbonyl (C=O) groups excluding carboxylic acids is 1. The zero-order chi connectivity index (χ0) is 17.9. The maximum atomic E-state index is 12.6. The summed E-state index contributed by atoms with van der Waals surface area (Å²) in [5, 5.41) is 6.43. The van der Waals surface area contributed by atoms with Crippen LogP contribution in [0.4, 0.5) is 0 Å². The van der Waals surface area contributed by atoms with Gasteiger partial charge in [0.1, 0.15) is 6.04 Å². The lowest BCUT2D eigenvalue weighted by Crippen LogP contribution is -2.48. The molecule has 26 heavy (non-hydrogen) atoms. The summed E-state index contributed by atoms with van der Waals surface area (Å²) < 4.78 is 10.7. The zero-order valence-corrected chi connectivity index (χ0v) is 15.3. The first-order chi connectivity index (χ1) is 12.7. The normalized spacial score (nSPS) is 21.4. The molecule has 5 nitrogen and oxygen atoms in total. The van der Waals surface area contributed by atoms with E-state index in [0.29, 0.717) is 6.54 Å². The summed E-state index contributed by atoms with van der Waals surface area (Å²) in [4.78, 5) is 12.6. The Labute approximate surface area is 157 Å². The van der Waals surface area contributed by atoms with Crippen molar-refractivity contribution in [2.45, 2.75) is 25.6 Å². The summed E-state index contributed by atoms with van der Waals surface area (Å²) >= 11 is 1.69. The predicted octanol–water partition coefficient (Wildman–Crippen LogP) is 2.95. The van der Waals surface area contributed by atoms with E-state index in [1.807, 2.05) is 24.0 Å². The van der Waals surface area contributed by atoms with Gasteiger partial charge >= 0.3 is 0 Å². The van der Waals surface area contributed by atoms with Gasteiger partial charge in [-0.1, -0.05) is 35.9 Å². The van der Waals surface area contributed by atoms with Crippen molar-refractivity contribution in [2.24, 2.45) is 0 Å². The molecule has 135 valence electrons. The molecule has 6 heteroatoms. The molecule has 2 aliphatic heterocycles. The van der Waals surface area contributed by atoms with Gasteiger partial charge in [0.05, 0.1) is 0 Å². The molecule has 1 amide bonds. The van der Waals surface area contributed by atoms with Gasteiger partial charge in [0.25, 0.3) is 0 Å². The van der Waals surface area contributed by atoms with Crippen LogP contribution in [0.2, 0.25) is 0 Å². The smallest absolute Gasteiger partial charge is 0.238 e. The molecule has 0 spiro atoms. The summed E-state index contributed by atoms with van der Waals surface area (Å²) in [5.74, 6) is 4.36. The van der Waals surface area contributed by atoms with Gasteiger partial charge in [-0.05, 0) is 30.2 Å². The van der Waals surface area contributed by atoms with Crippen molar-refractivity contribution in [3.63, 3.8) is 0 Å². The van der Waals surface area contributed by atoms with Crippen molar-refractivity contribution in [3.05, 3.63) is 64.9 Å². The summed E-state index contributed by atoms with van der Waals surface area (Å²) in [5.41, 5.74) is 3.44. The third-order valence-electron chi connectivity index (χ3n) is 4.54. The van der Waals surface area contributed by atoms with Crippen LogP contribution < -0.4 is 20.1 Å². The molecule has 1 fully saturated rings. The molecular weight excluding hydrogens is 348 g/mol. The number of benzene rings is 2. The first-order valence-electron chi connectivity index (χ1n) is 8.63. The summed E-state index contributed by atoms with van der Waals surface area (Å²) in [6.45, 7) is 2.79. The van der Waals surface area contributed by atoms with E-state index < -0.39 is 0 Å². The van der Waals surface area contributed by atoms with E-state index in [9.17, 15) is 4.79 Å². The highest BCUT2D eigenvalue weighted by Crippen LogP contribution is 2.32. The van der Waals surface area contributed by atoms with Gasteiger partial charge in [0.2, 0.25) is 12.7 Å². The average molecular weight is 369 g/mol. The van der Waals surface area contributed by atoms with Crippen molar-refractivity contribution >= 4 is 17.7 Å². The van der Waals surface area contributed by atoms with Crippen LogP contribution in [0.25, 0.3) is 0 Å². The van der Waals surface area contributed by atoms with Crippen LogP contribution in [0.3, 0.4) is 0 Å². The summed E-state index contributed by atoms with van der Waals surface area (Å²) in [6.07, 6.45) is 0. The number of amides is 1. The third-order valence-corrected chi connectivity index (χ3v) is 5.53. The number of hydrogen-bond acceptors (Lipinski definition) is 5. The number of fused-ring (bicyclic) bond motifs is 1. The van der Waals surface area contributed by atoms with Gasteiger partial charge in [-0.3, -0.25) is 10.1 Å². The molecule has 2 aromatic carbocycles.